The first-order valence-electron chi connectivity index (χ1n) is 8.38. The van der Waals surface area contributed by atoms with Gasteiger partial charge >= 0.3 is 0 Å². The minimum Gasteiger partial charge on any atom is -0.393 e. The summed E-state index contributed by atoms with van der Waals surface area (Å²) in [6.45, 7) is 4.65. The number of rotatable bonds is 0. The zero-order valence-electron chi connectivity index (χ0n) is 12.7. The zero-order valence-corrected chi connectivity index (χ0v) is 12.7. The highest BCUT2D eigenvalue weighted by Gasteiger charge is 2.59. The molecule has 0 aromatic carbocycles. The summed E-state index contributed by atoms with van der Waals surface area (Å²) in [7, 11) is 0. The normalized spacial score (nSPS) is 54.1. The van der Waals surface area contributed by atoms with Gasteiger partial charge in [0.1, 0.15) is 5.78 Å². The molecule has 4 aliphatic carbocycles. The van der Waals surface area contributed by atoms with E-state index in [4.69, 9.17) is 0 Å². The molecule has 0 spiro atoms. The molecule has 0 radical (unpaired) electrons. The molecule has 0 bridgehead atoms. The molecule has 0 aromatic heterocycles. The SMILES string of the molecule is C[C@]12CC[C@H](O)CC1=C[C@@H]1[C@@H]2CC[C@]2(C)C(=O)CC[C@@H]12. The highest BCUT2D eigenvalue weighted by atomic mass is 16.3. The molecule has 4 rings (SSSR count). The maximum absolute atomic E-state index is 12.3. The summed E-state index contributed by atoms with van der Waals surface area (Å²) in [5, 5.41) is 9.99. The standard InChI is InChI=1S/C18H26O2/c1-17-7-5-12(19)9-11(17)10-13-14-3-4-16(20)18(14,2)8-6-15(13)17/h10,12-15,19H,3-9H2,1-2H3/t12-,13-,14-,15-,17-,18-/m0/s1. The van der Waals surface area contributed by atoms with Crippen LogP contribution in [0.4, 0.5) is 0 Å². The second kappa shape index (κ2) is 3.97. The molecule has 0 unspecified atom stereocenters. The lowest BCUT2D eigenvalue weighted by atomic mass is 9.55. The van der Waals surface area contributed by atoms with E-state index in [2.05, 4.69) is 19.9 Å². The van der Waals surface area contributed by atoms with Crippen molar-refractivity contribution in [3.8, 4) is 0 Å². The molecular weight excluding hydrogens is 248 g/mol. The van der Waals surface area contributed by atoms with Crippen LogP contribution in [-0.2, 0) is 4.79 Å². The fourth-order valence-electron chi connectivity index (χ4n) is 6.07. The average molecular weight is 274 g/mol. The van der Waals surface area contributed by atoms with Gasteiger partial charge in [-0.05, 0) is 61.7 Å². The van der Waals surface area contributed by atoms with Crippen molar-refractivity contribution in [2.24, 2.45) is 28.6 Å². The van der Waals surface area contributed by atoms with Crippen molar-refractivity contribution < 1.29 is 9.90 Å². The van der Waals surface area contributed by atoms with Crippen LogP contribution in [-0.4, -0.2) is 17.0 Å². The Labute approximate surface area is 121 Å². The summed E-state index contributed by atoms with van der Waals surface area (Å²) in [5.41, 5.74) is 1.78. The van der Waals surface area contributed by atoms with Crippen LogP contribution in [0.25, 0.3) is 0 Å². The lowest BCUT2D eigenvalue weighted by Crippen LogP contribution is -2.44. The van der Waals surface area contributed by atoms with Crippen molar-refractivity contribution in [2.45, 2.75) is 64.9 Å². The van der Waals surface area contributed by atoms with Crippen LogP contribution in [0.5, 0.6) is 0 Å². The Morgan fingerprint density at radius 3 is 2.60 bits per heavy atom. The molecule has 3 fully saturated rings. The first-order valence-corrected chi connectivity index (χ1v) is 8.38. The number of hydrogen-bond acceptors (Lipinski definition) is 2. The van der Waals surface area contributed by atoms with E-state index >= 15 is 0 Å². The maximum atomic E-state index is 12.3. The molecule has 1 N–H and O–H groups in total. The van der Waals surface area contributed by atoms with Crippen LogP contribution in [0.2, 0.25) is 0 Å². The monoisotopic (exact) mass is 274 g/mol. The Bertz CT molecular complexity index is 494. The molecule has 2 heteroatoms. The number of carbonyl (C=O) groups is 1. The quantitative estimate of drug-likeness (QED) is 0.687. The number of aliphatic hydroxyl groups is 1. The molecular formula is C18H26O2. The molecule has 20 heavy (non-hydrogen) atoms. The molecule has 0 amide bonds. The van der Waals surface area contributed by atoms with Gasteiger partial charge in [-0.1, -0.05) is 25.5 Å². The van der Waals surface area contributed by atoms with Crippen LogP contribution >= 0.6 is 0 Å². The largest absolute Gasteiger partial charge is 0.393 e. The second-order valence-electron chi connectivity index (χ2n) is 8.21. The number of carbonyl (C=O) groups excluding carboxylic acids is 1. The summed E-state index contributed by atoms with van der Waals surface area (Å²) in [4.78, 5) is 12.3. The third-order valence-electron chi connectivity index (χ3n) is 7.44. The molecule has 0 aromatic rings. The molecule has 110 valence electrons. The Morgan fingerprint density at radius 2 is 1.80 bits per heavy atom. The van der Waals surface area contributed by atoms with Gasteiger partial charge in [-0.3, -0.25) is 4.79 Å². The maximum Gasteiger partial charge on any atom is 0.139 e. The number of fused-ring (bicyclic) bond motifs is 5. The first-order chi connectivity index (χ1) is 9.45. The van der Waals surface area contributed by atoms with Crippen molar-refractivity contribution in [1.29, 1.82) is 0 Å². The van der Waals surface area contributed by atoms with E-state index in [1.54, 1.807) is 0 Å². The van der Waals surface area contributed by atoms with E-state index in [0.717, 1.165) is 44.4 Å². The van der Waals surface area contributed by atoms with E-state index in [-0.39, 0.29) is 11.5 Å². The number of hydrogen-bond donors (Lipinski definition) is 1. The van der Waals surface area contributed by atoms with Crippen molar-refractivity contribution >= 4 is 5.78 Å². The number of Topliss-reactive ketones (excluding diaryl/α,β-unsaturated/α-hetero) is 1. The number of aliphatic hydroxyl groups excluding tert-OH is 1. The topological polar surface area (TPSA) is 37.3 Å². The summed E-state index contributed by atoms with van der Waals surface area (Å²) in [5.74, 6) is 2.42. The van der Waals surface area contributed by atoms with E-state index in [9.17, 15) is 9.90 Å². The molecule has 0 aliphatic heterocycles. The molecule has 0 saturated heterocycles. The summed E-state index contributed by atoms with van der Waals surface area (Å²) in [6, 6.07) is 0. The minimum atomic E-state index is -0.133. The molecule has 0 heterocycles. The van der Waals surface area contributed by atoms with Gasteiger partial charge in [0.05, 0.1) is 6.10 Å². The summed E-state index contributed by atoms with van der Waals surface area (Å²) in [6.07, 6.45) is 9.52. The van der Waals surface area contributed by atoms with Crippen LogP contribution in [0, 0.1) is 28.6 Å². The van der Waals surface area contributed by atoms with E-state index < -0.39 is 0 Å². The lowest BCUT2D eigenvalue weighted by Gasteiger charge is -2.48. The van der Waals surface area contributed by atoms with Crippen molar-refractivity contribution in [3.05, 3.63) is 11.6 Å². The zero-order chi connectivity index (χ0) is 14.1. The van der Waals surface area contributed by atoms with Gasteiger partial charge in [0, 0.05) is 11.8 Å². The number of allylic oxidation sites excluding steroid dienone is 1. The van der Waals surface area contributed by atoms with Gasteiger partial charge in [0.15, 0.2) is 0 Å². The average Bonchev–Trinajstić information content (AvgIpc) is 2.86. The Hall–Kier alpha value is -0.630. The fraction of sp³-hybridized carbons (Fsp3) is 0.833. The fourth-order valence-corrected chi connectivity index (χ4v) is 6.07. The first kappa shape index (κ1) is 13.1. The molecule has 2 nitrogen and oxygen atoms in total. The van der Waals surface area contributed by atoms with Crippen LogP contribution in [0.1, 0.15) is 58.8 Å². The van der Waals surface area contributed by atoms with E-state index in [1.807, 2.05) is 0 Å². The van der Waals surface area contributed by atoms with Gasteiger partial charge in [0.2, 0.25) is 0 Å². The van der Waals surface area contributed by atoms with Gasteiger partial charge < -0.3 is 5.11 Å². The smallest absolute Gasteiger partial charge is 0.139 e. The van der Waals surface area contributed by atoms with Crippen LogP contribution in [0.3, 0.4) is 0 Å². The molecule has 3 saturated carbocycles. The van der Waals surface area contributed by atoms with E-state index in [1.165, 1.54) is 12.0 Å². The van der Waals surface area contributed by atoms with Crippen molar-refractivity contribution in [2.75, 3.05) is 0 Å². The van der Waals surface area contributed by atoms with Gasteiger partial charge in [-0.15, -0.1) is 0 Å². The van der Waals surface area contributed by atoms with Gasteiger partial charge in [-0.25, -0.2) is 0 Å². The second-order valence-corrected chi connectivity index (χ2v) is 8.21. The van der Waals surface area contributed by atoms with Crippen molar-refractivity contribution in [3.63, 3.8) is 0 Å². The van der Waals surface area contributed by atoms with E-state index in [0.29, 0.717) is 23.0 Å². The third-order valence-corrected chi connectivity index (χ3v) is 7.44. The molecule has 6 atom stereocenters. The number of ketones is 1. The Balaban J connectivity index is 1.72. The highest BCUT2D eigenvalue weighted by Crippen LogP contribution is 2.65. The lowest BCUT2D eigenvalue weighted by molar-refractivity contribution is -0.130. The predicted molar refractivity (Wildman–Crippen MR) is 78.1 cm³/mol. The predicted octanol–water partition coefficient (Wildman–Crippen LogP) is 3.49. The Morgan fingerprint density at radius 1 is 1.10 bits per heavy atom. The minimum absolute atomic E-state index is 0.0410. The van der Waals surface area contributed by atoms with Gasteiger partial charge in [0.25, 0.3) is 0 Å². The third kappa shape index (κ3) is 1.46. The van der Waals surface area contributed by atoms with Crippen molar-refractivity contribution in [1.82, 2.24) is 0 Å². The molecule has 4 aliphatic rings. The van der Waals surface area contributed by atoms with Crippen LogP contribution < -0.4 is 0 Å². The Kier molecular flexibility index (Phi) is 2.59. The van der Waals surface area contributed by atoms with Crippen LogP contribution in [0.15, 0.2) is 11.6 Å². The summed E-state index contributed by atoms with van der Waals surface area (Å²) < 4.78 is 0. The van der Waals surface area contributed by atoms with Gasteiger partial charge in [-0.2, -0.15) is 0 Å². The summed E-state index contributed by atoms with van der Waals surface area (Å²) >= 11 is 0. The highest BCUT2D eigenvalue weighted by molar-refractivity contribution is 5.87.